The average molecular weight is 251 g/mol. The smallest absolute Gasteiger partial charge is 0.255 e. The van der Waals surface area contributed by atoms with Crippen molar-refractivity contribution in [2.24, 2.45) is 0 Å². The quantitative estimate of drug-likeness (QED) is 0.837. The van der Waals surface area contributed by atoms with Crippen LogP contribution < -0.4 is 10.6 Å². The molecule has 2 rings (SSSR count). The number of hydrogen-bond donors (Lipinski definition) is 2. The number of carbonyl (C=O) groups excluding carboxylic acids is 1. The van der Waals surface area contributed by atoms with Gasteiger partial charge in [-0.05, 0) is 31.2 Å². The molecule has 1 fully saturated rings. The molecule has 1 aromatic heterocycles. The molecule has 0 atom stereocenters. The Kier molecular flexibility index (Phi) is 3.57. The van der Waals surface area contributed by atoms with Gasteiger partial charge in [0.1, 0.15) is 5.82 Å². The molecular formula is C12H17N3OS. The van der Waals surface area contributed by atoms with E-state index in [1.54, 1.807) is 25.4 Å². The third kappa shape index (κ3) is 2.72. The third-order valence-corrected chi connectivity index (χ3v) is 4.52. The normalized spacial score (nSPS) is 16.4. The number of rotatable bonds is 5. The highest BCUT2D eigenvalue weighted by molar-refractivity contribution is 8.00. The third-order valence-electron chi connectivity index (χ3n) is 3.10. The van der Waals surface area contributed by atoms with E-state index in [0.717, 1.165) is 6.54 Å². The molecule has 0 saturated heterocycles. The van der Waals surface area contributed by atoms with Crippen molar-refractivity contribution >= 4 is 23.5 Å². The van der Waals surface area contributed by atoms with Gasteiger partial charge in [-0.2, -0.15) is 11.8 Å². The topological polar surface area (TPSA) is 54.0 Å². The van der Waals surface area contributed by atoms with Crippen LogP contribution in [-0.2, 0) is 0 Å². The van der Waals surface area contributed by atoms with Crippen LogP contribution in [0.3, 0.4) is 0 Å². The average Bonchev–Trinajstić information content (AvgIpc) is 3.16. The molecule has 0 aromatic carbocycles. The Balaban J connectivity index is 1.99. The lowest BCUT2D eigenvalue weighted by atomic mass is 10.2. The summed E-state index contributed by atoms with van der Waals surface area (Å²) >= 11 is 1.84. The minimum Gasteiger partial charge on any atom is -0.372 e. The second-order valence-electron chi connectivity index (χ2n) is 4.22. The lowest BCUT2D eigenvalue weighted by molar-refractivity contribution is 0.0953. The summed E-state index contributed by atoms with van der Waals surface area (Å²) in [5.74, 6) is 0.571. The molecule has 1 aromatic rings. The van der Waals surface area contributed by atoms with Crippen LogP contribution in [0.15, 0.2) is 18.3 Å². The lowest BCUT2D eigenvalue weighted by Crippen LogP contribution is -2.32. The molecule has 0 spiro atoms. The predicted molar refractivity (Wildman–Crippen MR) is 71.6 cm³/mol. The van der Waals surface area contributed by atoms with E-state index in [9.17, 15) is 4.79 Å². The zero-order chi connectivity index (χ0) is 12.3. The van der Waals surface area contributed by atoms with Gasteiger partial charge in [0, 0.05) is 24.5 Å². The second kappa shape index (κ2) is 4.96. The summed E-state index contributed by atoms with van der Waals surface area (Å²) in [6.07, 6.45) is 6.16. The van der Waals surface area contributed by atoms with Gasteiger partial charge in [0.25, 0.3) is 5.91 Å². The van der Waals surface area contributed by atoms with Crippen molar-refractivity contribution in [2.75, 3.05) is 25.2 Å². The summed E-state index contributed by atoms with van der Waals surface area (Å²) in [6, 6.07) is 3.56. The van der Waals surface area contributed by atoms with Crippen molar-refractivity contribution in [1.82, 2.24) is 10.3 Å². The lowest BCUT2D eigenvalue weighted by Gasteiger charge is -2.14. The summed E-state index contributed by atoms with van der Waals surface area (Å²) in [7, 11) is 1.77. The number of nitrogens with zero attached hydrogens (tertiary/aromatic N) is 1. The molecule has 1 aliphatic carbocycles. The van der Waals surface area contributed by atoms with E-state index in [0.29, 0.717) is 11.4 Å². The van der Waals surface area contributed by atoms with Crippen molar-refractivity contribution in [2.45, 2.75) is 17.6 Å². The maximum atomic E-state index is 12.0. The van der Waals surface area contributed by atoms with Crippen LogP contribution >= 0.6 is 11.8 Å². The SMILES string of the molecule is CNc1ncccc1C(=O)NCC1(SC)CC1. The zero-order valence-corrected chi connectivity index (χ0v) is 10.9. The number of anilines is 1. The maximum absolute atomic E-state index is 12.0. The van der Waals surface area contributed by atoms with Crippen LogP contribution in [0.5, 0.6) is 0 Å². The van der Waals surface area contributed by atoms with Crippen molar-refractivity contribution in [3.05, 3.63) is 23.9 Å². The van der Waals surface area contributed by atoms with Gasteiger partial charge in [-0.25, -0.2) is 4.98 Å². The number of amides is 1. The van der Waals surface area contributed by atoms with Crippen LogP contribution in [0, 0.1) is 0 Å². The van der Waals surface area contributed by atoms with E-state index < -0.39 is 0 Å². The van der Waals surface area contributed by atoms with E-state index >= 15 is 0 Å². The Hall–Kier alpha value is -1.23. The van der Waals surface area contributed by atoms with Crippen LogP contribution in [0.2, 0.25) is 0 Å². The van der Waals surface area contributed by atoms with Crippen LogP contribution in [0.1, 0.15) is 23.2 Å². The fourth-order valence-corrected chi connectivity index (χ4v) is 2.44. The van der Waals surface area contributed by atoms with E-state index in [1.165, 1.54) is 12.8 Å². The first-order valence-corrected chi connectivity index (χ1v) is 6.89. The highest BCUT2D eigenvalue weighted by Gasteiger charge is 2.42. The van der Waals surface area contributed by atoms with Gasteiger partial charge in [-0.15, -0.1) is 0 Å². The molecule has 92 valence electrons. The molecule has 1 aliphatic rings. The summed E-state index contributed by atoms with van der Waals surface area (Å²) in [4.78, 5) is 16.1. The monoisotopic (exact) mass is 251 g/mol. The number of aromatic nitrogens is 1. The minimum atomic E-state index is -0.0530. The molecule has 5 heteroatoms. The molecule has 0 radical (unpaired) electrons. The van der Waals surface area contributed by atoms with Gasteiger partial charge in [0.05, 0.1) is 5.56 Å². The van der Waals surface area contributed by atoms with Crippen molar-refractivity contribution in [1.29, 1.82) is 0 Å². The molecule has 4 nitrogen and oxygen atoms in total. The summed E-state index contributed by atoms with van der Waals surface area (Å²) < 4.78 is 0.289. The van der Waals surface area contributed by atoms with Crippen LogP contribution in [0.25, 0.3) is 0 Å². The van der Waals surface area contributed by atoms with Gasteiger partial charge >= 0.3 is 0 Å². The fraction of sp³-hybridized carbons (Fsp3) is 0.500. The van der Waals surface area contributed by atoms with Crippen molar-refractivity contribution < 1.29 is 4.79 Å². The summed E-state index contributed by atoms with van der Waals surface area (Å²) in [5, 5.41) is 5.91. The first kappa shape index (κ1) is 12.2. The Labute approximate surface area is 106 Å². The van der Waals surface area contributed by atoms with Crippen LogP contribution in [0.4, 0.5) is 5.82 Å². The van der Waals surface area contributed by atoms with Gasteiger partial charge in [0.15, 0.2) is 0 Å². The first-order valence-electron chi connectivity index (χ1n) is 5.67. The Bertz CT molecular complexity index is 418. The Morgan fingerprint density at radius 1 is 1.59 bits per heavy atom. The van der Waals surface area contributed by atoms with E-state index in [2.05, 4.69) is 21.9 Å². The minimum absolute atomic E-state index is 0.0530. The molecule has 0 bridgehead atoms. The first-order chi connectivity index (χ1) is 8.21. The maximum Gasteiger partial charge on any atom is 0.255 e. The number of carbonyl (C=O) groups is 1. The molecule has 2 N–H and O–H groups in total. The number of nitrogens with one attached hydrogen (secondary N) is 2. The molecule has 1 saturated carbocycles. The summed E-state index contributed by atoms with van der Waals surface area (Å²) in [5.41, 5.74) is 0.604. The fourth-order valence-electron chi connectivity index (χ4n) is 1.72. The second-order valence-corrected chi connectivity index (χ2v) is 5.49. The molecule has 1 amide bonds. The molecule has 17 heavy (non-hydrogen) atoms. The zero-order valence-electron chi connectivity index (χ0n) is 10.1. The van der Waals surface area contributed by atoms with Gasteiger partial charge < -0.3 is 10.6 Å². The largest absolute Gasteiger partial charge is 0.372 e. The number of hydrogen-bond acceptors (Lipinski definition) is 4. The van der Waals surface area contributed by atoms with Gasteiger partial charge in [-0.1, -0.05) is 0 Å². The van der Waals surface area contributed by atoms with E-state index in [1.807, 2.05) is 11.8 Å². The summed E-state index contributed by atoms with van der Waals surface area (Å²) in [6.45, 7) is 0.741. The molecule has 0 unspecified atom stereocenters. The van der Waals surface area contributed by atoms with E-state index in [-0.39, 0.29) is 10.7 Å². The Morgan fingerprint density at radius 3 is 2.94 bits per heavy atom. The highest BCUT2D eigenvalue weighted by Crippen LogP contribution is 2.46. The number of thioether (sulfide) groups is 1. The number of pyridine rings is 1. The van der Waals surface area contributed by atoms with Crippen LogP contribution in [-0.4, -0.2) is 35.5 Å². The van der Waals surface area contributed by atoms with Gasteiger partial charge in [-0.3, -0.25) is 4.79 Å². The highest BCUT2D eigenvalue weighted by atomic mass is 32.2. The Morgan fingerprint density at radius 2 is 2.35 bits per heavy atom. The predicted octanol–water partition coefficient (Wildman–Crippen LogP) is 1.75. The van der Waals surface area contributed by atoms with E-state index in [4.69, 9.17) is 0 Å². The van der Waals surface area contributed by atoms with Gasteiger partial charge in [0.2, 0.25) is 0 Å². The van der Waals surface area contributed by atoms with Crippen molar-refractivity contribution in [3.8, 4) is 0 Å². The standard InChI is InChI=1S/C12H17N3OS/c1-13-10-9(4-3-7-14-10)11(16)15-8-12(17-2)5-6-12/h3-4,7H,5-6,8H2,1-2H3,(H,13,14)(H,15,16). The molecule has 1 heterocycles. The molecule has 0 aliphatic heterocycles. The molecular weight excluding hydrogens is 234 g/mol. The van der Waals surface area contributed by atoms with Crippen molar-refractivity contribution in [3.63, 3.8) is 0 Å².